The Hall–Kier alpha value is -1.23. The lowest BCUT2D eigenvalue weighted by Crippen LogP contribution is -2.33. The van der Waals surface area contributed by atoms with Gasteiger partial charge in [0.2, 0.25) is 0 Å². The number of amidine groups is 1. The molecule has 4 nitrogen and oxygen atoms in total. The van der Waals surface area contributed by atoms with Crippen LogP contribution in [0.3, 0.4) is 0 Å². The number of rotatable bonds is 5. The molecule has 0 amide bonds. The third-order valence-electron chi connectivity index (χ3n) is 3.04. The number of benzene rings is 1. The van der Waals surface area contributed by atoms with Gasteiger partial charge < -0.3 is 16.3 Å². The van der Waals surface area contributed by atoms with Crippen molar-refractivity contribution in [3.63, 3.8) is 0 Å². The average Bonchev–Trinajstić information content (AvgIpc) is 2.32. The van der Waals surface area contributed by atoms with Crippen molar-refractivity contribution in [1.82, 2.24) is 0 Å². The zero-order chi connectivity index (χ0) is 13.8. The molecule has 0 heterocycles. The van der Waals surface area contributed by atoms with Crippen molar-refractivity contribution < 1.29 is 5.21 Å². The van der Waals surface area contributed by atoms with E-state index in [-0.39, 0.29) is 11.3 Å². The Balaban J connectivity index is 2.54. The predicted octanol–water partition coefficient (Wildman–Crippen LogP) is 3.33. The summed E-state index contributed by atoms with van der Waals surface area (Å²) in [6.45, 7) is 6.73. The van der Waals surface area contributed by atoms with Crippen LogP contribution in [0, 0.1) is 12.3 Å². The van der Waals surface area contributed by atoms with Crippen molar-refractivity contribution in [1.29, 1.82) is 0 Å². The summed E-state index contributed by atoms with van der Waals surface area (Å²) in [5.41, 5.74) is 7.59. The van der Waals surface area contributed by atoms with E-state index in [4.69, 9.17) is 10.9 Å². The van der Waals surface area contributed by atoms with Gasteiger partial charge in [0.1, 0.15) is 5.84 Å². The van der Waals surface area contributed by atoms with Crippen molar-refractivity contribution in [2.75, 3.05) is 11.9 Å². The van der Waals surface area contributed by atoms with Crippen LogP contribution in [-0.4, -0.2) is 17.6 Å². The van der Waals surface area contributed by atoms with Crippen molar-refractivity contribution in [3.05, 3.63) is 28.2 Å². The number of oxime groups is 1. The first-order valence-corrected chi connectivity index (χ1v) is 6.64. The minimum Gasteiger partial charge on any atom is -0.409 e. The normalized spacial score (nSPS) is 12.6. The molecule has 0 radical (unpaired) electrons. The maximum atomic E-state index is 8.69. The highest BCUT2D eigenvalue weighted by molar-refractivity contribution is 9.10. The first-order chi connectivity index (χ1) is 8.36. The third-order valence-corrected chi connectivity index (χ3v) is 3.93. The molecule has 0 unspecified atom stereocenters. The summed E-state index contributed by atoms with van der Waals surface area (Å²) in [5, 5.41) is 15.1. The summed E-state index contributed by atoms with van der Waals surface area (Å²) in [4.78, 5) is 0. The van der Waals surface area contributed by atoms with E-state index >= 15 is 0 Å². The van der Waals surface area contributed by atoms with Crippen LogP contribution in [0.4, 0.5) is 5.69 Å². The van der Waals surface area contributed by atoms with E-state index in [0.29, 0.717) is 0 Å². The fourth-order valence-corrected chi connectivity index (χ4v) is 1.78. The van der Waals surface area contributed by atoms with Gasteiger partial charge in [-0.25, -0.2) is 0 Å². The van der Waals surface area contributed by atoms with Crippen LogP contribution in [0.1, 0.15) is 25.8 Å². The van der Waals surface area contributed by atoms with Gasteiger partial charge >= 0.3 is 0 Å². The van der Waals surface area contributed by atoms with E-state index in [9.17, 15) is 0 Å². The molecule has 100 valence electrons. The molecule has 0 bridgehead atoms. The van der Waals surface area contributed by atoms with Gasteiger partial charge in [0, 0.05) is 22.1 Å². The summed E-state index contributed by atoms with van der Waals surface area (Å²) < 4.78 is 1.10. The van der Waals surface area contributed by atoms with Crippen LogP contribution in [-0.2, 0) is 0 Å². The molecular weight excluding hydrogens is 294 g/mol. The van der Waals surface area contributed by atoms with Crippen LogP contribution >= 0.6 is 15.9 Å². The summed E-state index contributed by atoms with van der Waals surface area (Å²) in [6.07, 6.45) is 0.790. The van der Waals surface area contributed by atoms with Gasteiger partial charge in [-0.2, -0.15) is 0 Å². The average molecular weight is 314 g/mol. The third kappa shape index (κ3) is 3.91. The zero-order valence-corrected chi connectivity index (χ0v) is 12.6. The van der Waals surface area contributed by atoms with E-state index in [0.717, 1.165) is 23.1 Å². The Morgan fingerprint density at radius 2 is 2.17 bits per heavy atom. The Morgan fingerprint density at radius 1 is 1.50 bits per heavy atom. The predicted molar refractivity (Wildman–Crippen MR) is 79.2 cm³/mol. The highest BCUT2D eigenvalue weighted by Gasteiger charge is 2.22. The van der Waals surface area contributed by atoms with Gasteiger partial charge in [0.05, 0.1) is 0 Å². The number of nitrogens with zero attached hydrogens (tertiary/aromatic N) is 1. The van der Waals surface area contributed by atoms with Gasteiger partial charge in [-0.3, -0.25) is 0 Å². The maximum Gasteiger partial charge on any atom is 0.144 e. The zero-order valence-electron chi connectivity index (χ0n) is 11.0. The number of nitrogens with two attached hydrogens (primary N) is 1. The van der Waals surface area contributed by atoms with E-state index in [1.54, 1.807) is 0 Å². The molecule has 4 N–H and O–H groups in total. The van der Waals surface area contributed by atoms with Gasteiger partial charge in [-0.1, -0.05) is 34.9 Å². The number of nitrogens with one attached hydrogen (secondary N) is 1. The lowest BCUT2D eigenvalue weighted by molar-refractivity contribution is 0.306. The lowest BCUT2D eigenvalue weighted by Gasteiger charge is -2.23. The monoisotopic (exact) mass is 313 g/mol. The Labute approximate surface area is 116 Å². The molecule has 1 aromatic carbocycles. The lowest BCUT2D eigenvalue weighted by atomic mass is 9.88. The van der Waals surface area contributed by atoms with Gasteiger partial charge in [0.25, 0.3) is 0 Å². The fourth-order valence-electron chi connectivity index (χ4n) is 1.54. The van der Waals surface area contributed by atoms with E-state index in [1.807, 2.05) is 26.0 Å². The Kier molecular flexibility index (Phi) is 5.02. The van der Waals surface area contributed by atoms with Gasteiger partial charge in [-0.05, 0) is 37.1 Å². The molecule has 1 rings (SSSR count). The maximum absolute atomic E-state index is 8.69. The molecule has 0 aromatic heterocycles. The molecule has 0 saturated heterocycles. The van der Waals surface area contributed by atoms with Crippen molar-refractivity contribution in [2.45, 2.75) is 27.2 Å². The van der Waals surface area contributed by atoms with Crippen molar-refractivity contribution >= 4 is 27.5 Å². The standard InChI is InChI=1S/C13H20BrN3O/c1-9-8-10(4-5-11(9)14)16-7-6-13(2,3)12(15)17-18/h4-5,8,16,18H,6-7H2,1-3H3,(H2,15,17). The number of hydrogen-bond donors (Lipinski definition) is 3. The largest absolute Gasteiger partial charge is 0.409 e. The second-order valence-corrected chi connectivity index (χ2v) is 5.86. The molecule has 0 atom stereocenters. The summed E-state index contributed by atoms with van der Waals surface area (Å²) >= 11 is 3.47. The Bertz CT molecular complexity index is 444. The molecule has 0 spiro atoms. The van der Waals surface area contributed by atoms with E-state index < -0.39 is 0 Å². The summed E-state index contributed by atoms with van der Waals surface area (Å²) in [5.74, 6) is 0.260. The van der Waals surface area contributed by atoms with Crippen LogP contribution in [0.15, 0.2) is 27.8 Å². The molecule has 0 aliphatic carbocycles. The number of anilines is 1. The topological polar surface area (TPSA) is 70.6 Å². The van der Waals surface area contributed by atoms with Crippen LogP contribution in [0.25, 0.3) is 0 Å². The molecule has 18 heavy (non-hydrogen) atoms. The Morgan fingerprint density at radius 3 is 2.72 bits per heavy atom. The molecule has 0 aliphatic heterocycles. The summed E-state index contributed by atoms with van der Waals surface area (Å²) in [7, 11) is 0. The fraction of sp³-hybridized carbons (Fsp3) is 0.462. The molecular formula is C13H20BrN3O. The van der Waals surface area contributed by atoms with Crippen molar-refractivity contribution in [3.8, 4) is 0 Å². The second kappa shape index (κ2) is 6.09. The number of aryl methyl sites for hydroxylation is 1. The highest BCUT2D eigenvalue weighted by atomic mass is 79.9. The van der Waals surface area contributed by atoms with Crippen LogP contribution in [0.2, 0.25) is 0 Å². The van der Waals surface area contributed by atoms with Crippen LogP contribution in [0.5, 0.6) is 0 Å². The molecule has 0 aliphatic rings. The second-order valence-electron chi connectivity index (χ2n) is 5.01. The molecule has 0 fully saturated rings. The van der Waals surface area contributed by atoms with Crippen LogP contribution < -0.4 is 11.1 Å². The smallest absolute Gasteiger partial charge is 0.144 e. The highest BCUT2D eigenvalue weighted by Crippen LogP contribution is 2.22. The molecule has 0 saturated carbocycles. The summed E-state index contributed by atoms with van der Waals surface area (Å²) in [6, 6.07) is 6.13. The number of hydrogen-bond acceptors (Lipinski definition) is 3. The quantitative estimate of drug-likeness (QED) is 0.338. The minimum absolute atomic E-state index is 0.260. The first kappa shape index (κ1) is 14.8. The molecule has 1 aromatic rings. The SMILES string of the molecule is Cc1cc(NCCC(C)(C)C(N)=NO)ccc1Br. The van der Waals surface area contributed by atoms with E-state index in [2.05, 4.69) is 39.4 Å². The first-order valence-electron chi connectivity index (χ1n) is 5.85. The molecule has 5 heteroatoms. The van der Waals surface area contributed by atoms with Gasteiger partial charge in [0.15, 0.2) is 0 Å². The number of halogens is 1. The minimum atomic E-state index is -0.313. The van der Waals surface area contributed by atoms with Gasteiger partial charge in [-0.15, -0.1) is 0 Å². The van der Waals surface area contributed by atoms with E-state index in [1.165, 1.54) is 5.56 Å². The van der Waals surface area contributed by atoms with Crippen molar-refractivity contribution in [2.24, 2.45) is 16.3 Å².